The van der Waals surface area contributed by atoms with Gasteiger partial charge in [0.15, 0.2) is 11.5 Å². The summed E-state index contributed by atoms with van der Waals surface area (Å²) in [6.07, 6.45) is 2.13. The Hall–Kier alpha value is -3.06. The monoisotopic (exact) mass is 437 g/mol. The fourth-order valence-corrected chi connectivity index (χ4v) is 4.99. The van der Waals surface area contributed by atoms with Crippen LogP contribution in [0.3, 0.4) is 0 Å². The van der Waals surface area contributed by atoms with Gasteiger partial charge in [-0.2, -0.15) is 0 Å². The molecule has 5 rings (SSSR count). The Kier molecular flexibility index (Phi) is 5.08. The fraction of sp³-hybridized carbons (Fsp3) is 0.400. The van der Waals surface area contributed by atoms with Gasteiger partial charge in [-0.1, -0.05) is 18.2 Å². The molecule has 1 fully saturated rings. The molecule has 0 aliphatic carbocycles. The minimum atomic E-state index is -0.461. The molecule has 0 radical (unpaired) electrons. The van der Waals surface area contributed by atoms with Crippen LogP contribution in [0.4, 0.5) is 15.8 Å². The number of piperazine rings is 1. The van der Waals surface area contributed by atoms with Crippen LogP contribution in [-0.2, 0) is 4.79 Å². The molecular weight excluding hydrogens is 409 g/mol. The number of carbonyl (C=O) groups excluding carboxylic acids is 1. The summed E-state index contributed by atoms with van der Waals surface area (Å²) >= 11 is 0. The van der Waals surface area contributed by atoms with E-state index in [0.29, 0.717) is 49.9 Å². The van der Waals surface area contributed by atoms with Crippen LogP contribution in [0.25, 0.3) is 5.57 Å². The van der Waals surface area contributed by atoms with Crippen molar-refractivity contribution in [2.45, 2.75) is 26.3 Å². The number of amides is 1. The van der Waals surface area contributed by atoms with Gasteiger partial charge >= 0.3 is 0 Å². The van der Waals surface area contributed by atoms with Gasteiger partial charge in [-0.3, -0.25) is 9.69 Å². The van der Waals surface area contributed by atoms with Crippen LogP contribution in [0.5, 0.6) is 11.5 Å². The van der Waals surface area contributed by atoms with E-state index in [4.69, 9.17) is 9.47 Å². The van der Waals surface area contributed by atoms with Gasteiger partial charge in [-0.25, -0.2) is 4.39 Å². The van der Waals surface area contributed by atoms with E-state index in [1.807, 2.05) is 34.1 Å². The van der Waals surface area contributed by atoms with E-state index in [0.717, 1.165) is 16.8 Å². The molecule has 0 aromatic heterocycles. The number of anilines is 2. The van der Waals surface area contributed by atoms with E-state index in [-0.39, 0.29) is 18.5 Å². The van der Waals surface area contributed by atoms with Crippen molar-refractivity contribution in [1.82, 2.24) is 4.90 Å². The van der Waals surface area contributed by atoms with Crippen LogP contribution in [-0.4, -0.2) is 55.9 Å². The summed E-state index contributed by atoms with van der Waals surface area (Å²) in [5.41, 5.74) is 3.13. The van der Waals surface area contributed by atoms with Crippen LogP contribution < -0.4 is 19.3 Å². The molecule has 2 aromatic rings. The van der Waals surface area contributed by atoms with E-state index in [9.17, 15) is 9.18 Å². The lowest BCUT2D eigenvalue weighted by molar-refractivity contribution is -0.120. The highest BCUT2D eigenvalue weighted by molar-refractivity contribution is 6.02. The number of carbonyl (C=O) groups is 1. The quantitative estimate of drug-likeness (QED) is 0.729. The number of nitrogens with zero attached hydrogens (tertiary/aromatic N) is 3. The van der Waals surface area contributed by atoms with Crippen LogP contribution >= 0.6 is 0 Å². The van der Waals surface area contributed by atoms with Crippen molar-refractivity contribution in [3.8, 4) is 11.5 Å². The molecule has 7 heteroatoms. The van der Waals surface area contributed by atoms with E-state index in [2.05, 4.69) is 31.7 Å². The summed E-state index contributed by atoms with van der Waals surface area (Å²) in [5.74, 6) is 1.22. The van der Waals surface area contributed by atoms with Crippen molar-refractivity contribution in [2.75, 3.05) is 49.3 Å². The molecule has 2 aromatic carbocycles. The summed E-state index contributed by atoms with van der Waals surface area (Å²) in [4.78, 5) is 19.6. The third-order valence-electron chi connectivity index (χ3n) is 6.48. The molecule has 3 aliphatic rings. The average Bonchev–Trinajstić information content (AvgIpc) is 3.20. The predicted octanol–water partition coefficient (Wildman–Crippen LogP) is 3.91. The molecule has 0 spiro atoms. The van der Waals surface area contributed by atoms with Crippen molar-refractivity contribution >= 4 is 22.9 Å². The number of fused-ring (bicyclic) bond motifs is 2. The van der Waals surface area contributed by atoms with Crippen LogP contribution in [0, 0.1) is 5.82 Å². The van der Waals surface area contributed by atoms with Crippen LogP contribution in [0.1, 0.15) is 26.3 Å². The van der Waals surface area contributed by atoms with Crippen LogP contribution in [0.2, 0.25) is 0 Å². The van der Waals surface area contributed by atoms with E-state index in [1.54, 1.807) is 6.07 Å². The first-order valence-electron chi connectivity index (χ1n) is 11.0. The van der Waals surface area contributed by atoms with E-state index in [1.165, 1.54) is 6.07 Å². The predicted molar refractivity (Wildman–Crippen MR) is 123 cm³/mol. The maximum absolute atomic E-state index is 14.1. The molecule has 0 atom stereocenters. The number of benzene rings is 2. The third-order valence-corrected chi connectivity index (χ3v) is 6.48. The molecular formula is C25H28FN3O3. The maximum atomic E-state index is 14.1. The molecule has 0 bridgehead atoms. The normalized spacial score (nSPS) is 19.6. The minimum Gasteiger partial charge on any atom is -0.454 e. The SMILES string of the molecule is CC1=CC(C)(C)N(C(=O)CN2CCN(c3ccccc3F)CC2)c2cc3c(cc21)OCO3. The first kappa shape index (κ1) is 20.8. The zero-order chi connectivity index (χ0) is 22.5. The maximum Gasteiger partial charge on any atom is 0.241 e. The van der Waals surface area contributed by atoms with Gasteiger partial charge < -0.3 is 19.3 Å². The number of allylic oxidation sites excluding steroid dienone is 1. The molecule has 3 heterocycles. The Morgan fingerprint density at radius 1 is 1.03 bits per heavy atom. The molecule has 0 unspecified atom stereocenters. The summed E-state index contributed by atoms with van der Waals surface area (Å²) < 4.78 is 25.3. The molecule has 0 saturated carbocycles. The second-order valence-electron chi connectivity index (χ2n) is 9.15. The largest absolute Gasteiger partial charge is 0.454 e. The van der Waals surface area contributed by atoms with Crippen molar-refractivity contribution in [3.05, 3.63) is 53.9 Å². The number of hydrogen-bond acceptors (Lipinski definition) is 5. The van der Waals surface area contributed by atoms with Crippen LogP contribution in [0.15, 0.2) is 42.5 Å². The lowest BCUT2D eigenvalue weighted by atomic mass is 9.88. The minimum absolute atomic E-state index is 0.0400. The van der Waals surface area contributed by atoms with E-state index < -0.39 is 5.54 Å². The van der Waals surface area contributed by atoms with Gasteiger partial charge in [0.05, 0.1) is 23.5 Å². The Balaban J connectivity index is 1.33. The number of hydrogen-bond donors (Lipinski definition) is 0. The molecule has 1 amide bonds. The highest BCUT2D eigenvalue weighted by Crippen LogP contribution is 2.46. The van der Waals surface area contributed by atoms with Gasteiger partial charge in [0.1, 0.15) is 5.82 Å². The van der Waals surface area contributed by atoms with Gasteiger partial charge in [0.25, 0.3) is 0 Å². The molecule has 0 N–H and O–H groups in total. The zero-order valence-corrected chi connectivity index (χ0v) is 18.7. The lowest BCUT2D eigenvalue weighted by Crippen LogP contribution is -2.55. The van der Waals surface area contributed by atoms with Gasteiger partial charge in [-0.05, 0) is 44.5 Å². The zero-order valence-electron chi connectivity index (χ0n) is 18.7. The lowest BCUT2D eigenvalue weighted by Gasteiger charge is -2.43. The van der Waals surface area contributed by atoms with Gasteiger partial charge in [-0.15, -0.1) is 0 Å². The first-order valence-corrected chi connectivity index (χ1v) is 11.0. The third kappa shape index (κ3) is 3.60. The summed E-state index contributed by atoms with van der Waals surface area (Å²) in [5, 5.41) is 0. The fourth-order valence-electron chi connectivity index (χ4n) is 4.99. The topological polar surface area (TPSA) is 45.3 Å². The number of halogens is 1. The summed E-state index contributed by atoms with van der Waals surface area (Å²) in [6.45, 7) is 9.47. The smallest absolute Gasteiger partial charge is 0.241 e. The number of rotatable bonds is 3. The molecule has 32 heavy (non-hydrogen) atoms. The first-order chi connectivity index (χ1) is 15.3. The van der Waals surface area contributed by atoms with Crippen molar-refractivity contribution < 1.29 is 18.7 Å². The van der Waals surface area contributed by atoms with Crippen molar-refractivity contribution in [2.24, 2.45) is 0 Å². The number of para-hydroxylation sites is 1. The second kappa shape index (κ2) is 7.81. The Labute approximate surface area is 187 Å². The summed E-state index contributed by atoms with van der Waals surface area (Å²) in [6, 6.07) is 10.7. The molecule has 3 aliphatic heterocycles. The highest BCUT2D eigenvalue weighted by Gasteiger charge is 2.38. The van der Waals surface area contributed by atoms with E-state index >= 15 is 0 Å². The van der Waals surface area contributed by atoms with Crippen molar-refractivity contribution in [3.63, 3.8) is 0 Å². The Morgan fingerprint density at radius 3 is 2.44 bits per heavy atom. The standard InChI is InChI=1S/C25H28FN3O3/c1-17-14-25(2,3)29(21-13-23-22(12-18(17)21)31-16-32-23)24(30)15-27-8-10-28(11-9-27)20-7-5-4-6-19(20)26/h4-7,12-14H,8-11,15-16H2,1-3H3. The molecule has 6 nitrogen and oxygen atoms in total. The van der Waals surface area contributed by atoms with Gasteiger partial charge in [0.2, 0.25) is 12.7 Å². The van der Waals surface area contributed by atoms with Crippen molar-refractivity contribution in [1.29, 1.82) is 0 Å². The molecule has 168 valence electrons. The average molecular weight is 438 g/mol. The van der Waals surface area contributed by atoms with Gasteiger partial charge in [0, 0.05) is 37.8 Å². The molecule has 1 saturated heterocycles. The Morgan fingerprint density at radius 2 is 1.72 bits per heavy atom. The second-order valence-corrected chi connectivity index (χ2v) is 9.15. The Bertz CT molecular complexity index is 1090. The highest BCUT2D eigenvalue weighted by atomic mass is 19.1. The summed E-state index contributed by atoms with van der Waals surface area (Å²) in [7, 11) is 0. The number of ether oxygens (including phenoxy) is 2.